The van der Waals surface area contributed by atoms with Gasteiger partial charge in [0, 0.05) is 23.9 Å². The Morgan fingerprint density at radius 2 is 2.00 bits per heavy atom. The van der Waals surface area contributed by atoms with Gasteiger partial charge in [0.1, 0.15) is 10.9 Å². The molecule has 24 heavy (non-hydrogen) atoms. The lowest BCUT2D eigenvalue weighted by Gasteiger charge is -2.16. The number of nitrogens with zero attached hydrogens (tertiary/aromatic N) is 1. The molecule has 0 spiro atoms. The average Bonchev–Trinajstić information content (AvgIpc) is 2.62. The smallest absolute Gasteiger partial charge is 0.324 e. The number of benzene rings is 1. The number of hydrogen-bond donors (Lipinski definition) is 1. The Labute approximate surface area is 145 Å². The molecule has 0 fully saturated rings. The summed E-state index contributed by atoms with van der Waals surface area (Å²) in [7, 11) is -2.60. The maximum atomic E-state index is 12.3. The van der Waals surface area contributed by atoms with Crippen LogP contribution in [-0.2, 0) is 25.3 Å². The molecule has 1 atom stereocenters. The number of aromatic nitrogens is 1. The number of rotatable bonds is 8. The molecule has 0 aliphatic rings. The number of nitrogens with one attached hydrogen (secondary N) is 1. The molecular formula is C16H18N2O4S2. The summed E-state index contributed by atoms with van der Waals surface area (Å²) in [5.41, 5.74) is 1.10. The zero-order valence-corrected chi connectivity index (χ0v) is 14.7. The Morgan fingerprint density at radius 1 is 1.25 bits per heavy atom. The van der Waals surface area contributed by atoms with Crippen molar-refractivity contribution in [1.82, 2.24) is 9.71 Å². The Kier molecular flexibility index (Phi) is 6.77. The Morgan fingerprint density at radius 3 is 2.62 bits per heavy atom. The molecule has 0 saturated heterocycles. The fraction of sp³-hybridized carbons (Fsp3) is 0.250. The maximum absolute atomic E-state index is 12.3. The summed E-state index contributed by atoms with van der Waals surface area (Å²) in [6.07, 6.45) is 2.71. The molecule has 1 heterocycles. The topological polar surface area (TPSA) is 85.4 Å². The van der Waals surface area contributed by atoms with Crippen molar-refractivity contribution in [2.24, 2.45) is 0 Å². The second-order valence-electron chi connectivity index (χ2n) is 4.89. The SMILES string of the molecule is COC(=O)C(CSCc1ccccc1)NS(=O)(=O)c1cccnc1. The first-order valence-corrected chi connectivity index (χ1v) is 9.78. The lowest BCUT2D eigenvalue weighted by molar-refractivity contribution is -0.141. The molecule has 0 aliphatic heterocycles. The van der Waals surface area contributed by atoms with Gasteiger partial charge in [-0.05, 0) is 17.7 Å². The standard InChI is InChI=1S/C16H18N2O4S2/c1-22-16(19)15(12-23-11-13-6-3-2-4-7-13)18-24(20,21)14-8-5-9-17-10-14/h2-10,15,18H,11-12H2,1H3. The van der Waals surface area contributed by atoms with Crippen LogP contribution in [0.4, 0.5) is 0 Å². The van der Waals surface area contributed by atoms with Crippen molar-refractivity contribution in [1.29, 1.82) is 0 Å². The van der Waals surface area contributed by atoms with Crippen molar-refractivity contribution in [2.45, 2.75) is 16.7 Å². The summed E-state index contributed by atoms with van der Waals surface area (Å²) in [5.74, 6) is 0.312. The Hall–Kier alpha value is -1.90. The third kappa shape index (κ3) is 5.33. The van der Waals surface area contributed by atoms with E-state index in [1.54, 1.807) is 0 Å². The van der Waals surface area contributed by atoms with Crippen molar-refractivity contribution >= 4 is 27.8 Å². The minimum atomic E-state index is -3.84. The molecule has 8 heteroatoms. The number of thioether (sulfide) groups is 1. The molecule has 0 radical (unpaired) electrons. The molecule has 6 nitrogen and oxygen atoms in total. The molecular weight excluding hydrogens is 348 g/mol. The van der Waals surface area contributed by atoms with Gasteiger partial charge in [-0.25, -0.2) is 8.42 Å². The van der Waals surface area contributed by atoms with Crippen LogP contribution in [0.15, 0.2) is 59.8 Å². The van der Waals surface area contributed by atoms with E-state index in [0.717, 1.165) is 5.56 Å². The van der Waals surface area contributed by atoms with Crippen LogP contribution in [0.2, 0.25) is 0 Å². The van der Waals surface area contributed by atoms with Gasteiger partial charge in [0.2, 0.25) is 10.0 Å². The highest BCUT2D eigenvalue weighted by molar-refractivity contribution is 7.98. The van der Waals surface area contributed by atoms with Crippen LogP contribution in [0, 0.1) is 0 Å². The first-order valence-electron chi connectivity index (χ1n) is 7.15. The molecule has 0 bridgehead atoms. The number of carbonyl (C=O) groups excluding carboxylic acids is 1. The summed E-state index contributed by atoms with van der Waals surface area (Å²) >= 11 is 1.45. The lowest BCUT2D eigenvalue weighted by atomic mass is 10.2. The lowest BCUT2D eigenvalue weighted by Crippen LogP contribution is -2.43. The van der Waals surface area contributed by atoms with Crippen LogP contribution in [0.3, 0.4) is 0 Å². The van der Waals surface area contributed by atoms with Crippen molar-refractivity contribution in [3.05, 3.63) is 60.4 Å². The monoisotopic (exact) mass is 366 g/mol. The second-order valence-corrected chi connectivity index (χ2v) is 7.63. The number of methoxy groups -OCH3 is 1. The number of esters is 1. The van der Waals surface area contributed by atoms with Gasteiger partial charge < -0.3 is 4.74 Å². The van der Waals surface area contributed by atoms with Gasteiger partial charge >= 0.3 is 5.97 Å². The number of ether oxygens (including phenoxy) is 1. The highest BCUT2D eigenvalue weighted by Gasteiger charge is 2.26. The molecule has 1 unspecified atom stereocenters. The van der Waals surface area contributed by atoms with Crippen LogP contribution in [-0.4, -0.2) is 38.3 Å². The van der Waals surface area contributed by atoms with E-state index >= 15 is 0 Å². The van der Waals surface area contributed by atoms with Gasteiger partial charge in [0.05, 0.1) is 7.11 Å². The van der Waals surface area contributed by atoms with Crippen LogP contribution in [0.1, 0.15) is 5.56 Å². The van der Waals surface area contributed by atoms with E-state index < -0.39 is 22.0 Å². The molecule has 128 valence electrons. The van der Waals surface area contributed by atoms with Gasteiger partial charge in [0.25, 0.3) is 0 Å². The van der Waals surface area contributed by atoms with Crippen molar-refractivity contribution in [2.75, 3.05) is 12.9 Å². The predicted molar refractivity (Wildman–Crippen MR) is 93.0 cm³/mol. The van der Waals surface area contributed by atoms with Gasteiger partial charge in [0.15, 0.2) is 0 Å². The molecule has 1 aromatic heterocycles. The second kappa shape index (κ2) is 8.81. The first kappa shape index (κ1) is 18.4. The van der Waals surface area contributed by atoms with Crippen LogP contribution in [0.25, 0.3) is 0 Å². The van der Waals surface area contributed by atoms with E-state index in [4.69, 9.17) is 4.74 Å². The van der Waals surface area contributed by atoms with E-state index in [1.807, 2.05) is 30.3 Å². The fourth-order valence-corrected chi connectivity index (χ4v) is 4.18. The molecule has 0 saturated carbocycles. The summed E-state index contributed by atoms with van der Waals surface area (Å²) in [4.78, 5) is 15.7. The first-order chi connectivity index (χ1) is 11.5. The van der Waals surface area contributed by atoms with E-state index in [-0.39, 0.29) is 10.6 Å². The minimum absolute atomic E-state index is 0.00645. The van der Waals surface area contributed by atoms with Crippen molar-refractivity contribution in [3.8, 4) is 0 Å². The van der Waals surface area contributed by atoms with Crippen molar-refractivity contribution in [3.63, 3.8) is 0 Å². The highest BCUT2D eigenvalue weighted by atomic mass is 32.2. The van der Waals surface area contributed by atoms with Crippen LogP contribution >= 0.6 is 11.8 Å². The number of carbonyl (C=O) groups is 1. The predicted octanol–water partition coefficient (Wildman–Crippen LogP) is 1.83. The summed E-state index contributed by atoms with van der Waals surface area (Å²) in [5, 5.41) is 0. The minimum Gasteiger partial charge on any atom is -0.468 e. The molecule has 2 aromatic rings. The molecule has 1 aromatic carbocycles. The van der Waals surface area contributed by atoms with Crippen LogP contribution < -0.4 is 4.72 Å². The Balaban J connectivity index is 2.02. The van der Waals surface area contributed by atoms with Crippen molar-refractivity contribution < 1.29 is 17.9 Å². The summed E-state index contributed by atoms with van der Waals surface area (Å²) in [6.45, 7) is 0. The van der Waals surface area contributed by atoms with E-state index in [9.17, 15) is 13.2 Å². The molecule has 0 amide bonds. The van der Waals surface area contributed by atoms with E-state index in [0.29, 0.717) is 5.75 Å². The average molecular weight is 366 g/mol. The van der Waals surface area contributed by atoms with E-state index in [1.165, 1.54) is 43.4 Å². The molecule has 2 rings (SSSR count). The zero-order valence-electron chi connectivity index (χ0n) is 13.1. The highest BCUT2D eigenvalue weighted by Crippen LogP contribution is 2.15. The normalized spacial score (nSPS) is 12.5. The Bertz CT molecular complexity index is 752. The molecule has 1 N–H and O–H groups in total. The quantitative estimate of drug-likeness (QED) is 0.718. The van der Waals surface area contributed by atoms with Gasteiger partial charge in [-0.15, -0.1) is 0 Å². The third-order valence-electron chi connectivity index (χ3n) is 3.12. The number of pyridine rings is 1. The summed E-state index contributed by atoms with van der Waals surface area (Å²) < 4.78 is 31.7. The van der Waals surface area contributed by atoms with Gasteiger partial charge in [-0.3, -0.25) is 9.78 Å². The fourth-order valence-electron chi connectivity index (χ4n) is 1.92. The van der Waals surface area contributed by atoms with Crippen LogP contribution in [0.5, 0.6) is 0 Å². The summed E-state index contributed by atoms with van der Waals surface area (Å²) in [6, 6.07) is 11.7. The van der Waals surface area contributed by atoms with Gasteiger partial charge in [-0.2, -0.15) is 16.5 Å². The van der Waals surface area contributed by atoms with E-state index in [2.05, 4.69) is 9.71 Å². The maximum Gasteiger partial charge on any atom is 0.324 e. The third-order valence-corrected chi connectivity index (χ3v) is 5.69. The number of sulfonamides is 1. The number of hydrogen-bond acceptors (Lipinski definition) is 6. The zero-order chi connectivity index (χ0) is 17.4. The molecule has 0 aliphatic carbocycles. The van der Waals surface area contributed by atoms with Gasteiger partial charge in [-0.1, -0.05) is 30.3 Å². The largest absolute Gasteiger partial charge is 0.468 e.